The summed E-state index contributed by atoms with van der Waals surface area (Å²) in [4.78, 5) is 37.5. The molecular formula is C45H36F2N4O9. The number of phenols is 2. The van der Waals surface area contributed by atoms with E-state index >= 15 is 0 Å². The Balaban J connectivity index is 0.858. The number of aliphatic carboxylic acids is 1. The minimum Gasteiger partial charge on any atom is -0.505 e. The van der Waals surface area contributed by atoms with Gasteiger partial charge in [0, 0.05) is 48.3 Å². The molecule has 5 N–H and O–H groups in total. The topological polar surface area (TPSA) is 193 Å². The van der Waals surface area contributed by atoms with Crippen molar-refractivity contribution in [2.75, 3.05) is 6.54 Å². The fourth-order valence-electron chi connectivity index (χ4n) is 7.33. The van der Waals surface area contributed by atoms with Gasteiger partial charge in [-0.3, -0.25) is 15.0 Å². The summed E-state index contributed by atoms with van der Waals surface area (Å²) in [6.07, 6.45) is 1.68. The highest BCUT2D eigenvalue weighted by molar-refractivity contribution is 6.01. The molecule has 0 aliphatic carbocycles. The molecule has 0 saturated heterocycles. The van der Waals surface area contributed by atoms with Crippen LogP contribution in [0.5, 0.6) is 28.7 Å². The van der Waals surface area contributed by atoms with Gasteiger partial charge in [-0.05, 0) is 91.1 Å². The number of halogens is 2. The third-order valence-corrected chi connectivity index (χ3v) is 10.4. The van der Waals surface area contributed by atoms with E-state index in [1.165, 1.54) is 22.9 Å². The van der Waals surface area contributed by atoms with Crippen LogP contribution in [0.4, 0.5) is 8.78 Å². The van der Waals surface area contributed by atoms with Crippen LogP contribution in [0.25, 0.3) is 11.3 Å². The van der Waals surface area contributed by atoms with Gasteiger partial charge in [0.25, 0.3) is 5.91 Å². The van der Waals surface area contributed by atoms with E-state index in [0.717, 1.165) is 41.0 Å². The maximum Gasteiger partial charge on any atom is 0.340 e. The average molecular weight is 815 g/mol. The predicted octanol–water partition coefficient (Wildman–Crippen LogP) is 7.09. The zero-order valence-corrected chi connectivity index (χ0v) is 31.7. The first-order valence-corrected chi connectivity index (χ1v) is 18.9. The number of aromatic hydroxyl groups is 2. The standard InChI is InChI=1S/C45H36F2N4O9/c46-34-20-32-39(22-37(34)52)59-40-23-38(53)35(47)21-33(40)45(32)31-14-11-28(19-30(31)44(57)60-45)43(56)49-17-1-3-25-5-7-26(8-6-25)24-58-29-12-9-27(10-13-29)36-15-16-41(48)51(50-36)18-2-4-42(54)55/h5-16,19-23,48,52-53H,1-4,17-18,24H2,(H,49,56)(H,54,55). The van der Waals surface area contributed by atoms with Crippen molar-refractivity contribution in [3.05, 3.63) is 159 Å². The van der Waals surface area contributed by atoms with E-state index in [0.29, 0.717) is 50.4 Å². The van der Waals surface area contributed by atoms with Crippen molar-refractivity contribution in [3.63, 3.8) is 0 Å². The first-order valence-electron chi connectivity index (χ1n) is 18.9. The van der Waals surface area contributed by atoms with Crippen LogP contribution in [0.3, 0.4) is 0 Å². The molecule has 1 amide bonds. The van der Waals surface area contributed by atoms with Crippen molar-refractivity contribution in [1.29, 1.82) is 5.41 Å². The Hall–Kier alpha value is -7.55. The van der Waals surface area contributed by atoms with E-state index in [1.54, 1.807) is 12.1 Å². The van der Waals surface area contributed by atoms with Crippen LogP contribution < -0.4 is 20.3 Å². The van der Waals surface area contributed by atoms with Crippen molar-refractivity contribution < 1.29 is 52.7 Å². The Bertz CT molecular complexity index is 2680. The van der Waals surface area contributed by atoms with Crippen LogP contribution in [-0.2, 0) is 34.7 Å². The highest BCUT2D eigenvalue weighted by atomic mass is 19.1. The average Bonchev–Trinajstić information content (AvgIpc) is 3.53. The number of carboxylic acid groups (broad SMARTS) is 1. The van der Waals surface area contributed by atoms with Crippen LogP contribution in [0, 0.1) is 17.0 Å². The smallest absolute Gasteiger partial charge is 0.340 e. The lowest BCUT2D eigenvalue weighted by atomic mass is 9.77. The lowest BCUT2D eigenvalue weighted by Crippen LogP contribution is -2.33. The largest absolute Gasteiger partial charge is 0.505 e. The predicted molar refractivity (Wildman–Crippen MR) is 210 cm³/mol. The lowest BCUT2D eigenvalue weighted by Gasteiger charge is -2.36. The highest BCUT2D eigenvalue weighted by Gasteiger charge is 2.54. The van der Waals surface area contributed by atoms with Crippen LogP contribution in [0.1, 0.15) is 67.8 Å². The zero-order valence-electron chi connectivity index (χ0n) is 31.7. The monoisotopic (exact) mass is 814 g/mol. The van der Waals surface area contributed by atoms with E-state index in [-0.39, 0.29) is 51.2 Å². The second kappa shape index (κ2) is 16.0. The van der Waals surface area contributed by atoms with Crippen molar-refractivity contribution in [2.24, 2.45) is 0 Å². The van der Waals surface area contributed by atoms with Crippen molar-refractivity contribution >= 4 is 17.8 Å². The third-order valence-electron chi connectivity index (χ3n) is 10.4. The number of carbonyl (C=O) groups is 3. The minimum absolute atomic E-state index is 0.00139. The van der Waals surface area contributed by atoms with Crippen molar-refractivity contribution in [2.45, 2.75) is 44.4 Å². The Kier molecular flexibility index (Phi) is 10.5. The molecule has 304 valence electrons. The molecule has 13 nitrogen and oxygen atoms in total. The summed E-state index contributed by atoms with van der Waals surface area (Å²) in [6.45, 7) is 1.01. The van der Waals surface area contributed by atoms with Crippen molar-refractivity contribution in [1.82, 2.24) is 15.1 Å². The number of aromatic nitrogens is 2. The number of ether oxygens (including phenoxy) is 3. The normalized spacial score (nSPS) is 13.1. The molecule has 0 atom stereocenters. The second-order valence-electron chi connectivity index (χ2n) is 14.3. The number of fused-ring (bicyclic) bond motifs is 6. The van der Waals surface area contributed by atoms with Gasteiger partial charge in [0.15, 0.2) is 28.7 Å². The van der Waals surface area contributed by atoms with E-state index in [1.807, 2.05) is 48.5 Å². The van der Waals surface area contributed by atoms with Crippen LogP contribution in [-0.4, -0.2) is 49.5 Å². The maximum atomic E-state index is 14.7. The summed E-state index contributed by atoms with van der Waals surface area (Å²) in [5, 5.41) is 44.4. The van der Waals surface area contributed by atoms with Gasteiger partial charge in [-0.15, -0.1) is 0 Å². The summed E-state index contributed by atoms with van der Waals surface area (Å²) >= 11 is 0. The molecule has 8 rings (SSSR count). The molecule has 15 heteroatoms. The number of benzene rings is 5. The Morgan fingerprint density at radius 1 is 0.817 bits per heavy atom. The van der Waals surface area contributed by atoms with E-state index in [9.17, 15) is 33.4 Å². The van der Waals surface area contributed by atoms with E-state index in [4.69, 9.17) is 24.7 Å². The lowest BCUT2D eigenvalue weighted by molar-refractivity contribution is -0.137. The van der Waals surface area contributed by atoms with E-state index in [2.05, 4.69) is 10.4 Å². The molecule has 0 radical (unpaired) electrons. The van der Waals surface area contributed by atoms with Crippen LogP contribution >= 0.6 is 0 Å². The molecule has 2 aliphatic heterocycles. The van der Waals surface area contributed by atoms with Gasteiger partial charge in [-0.1, -0.05) is 30.3 Å². The second-order valence-corrected chi connectivity index (χ2v) is 14.3. The van der Waals surface area contributed by atoms with Gasteiger partial charge >= 0.3 is 11.9 Å². The molecule has 1 aromatic heterocycles. The van der Waals surface area contributed by atoms with Gasteiger partial charge in [0.05, 0.1) is 22.4 Å². The number of aryl methyl sites for hydroxylation is 2. The minimum atomic E-state index is -1.89. The molecule has 6 aromatic rings. The number of nitrogens with one attached hydrogen (secondary N) is 2. The third kappa shape index (κ3) is 7.59. The Labute approximate surface area is 340 Å². The highest BCUT2D eigenvalue weighted by Crippen LogP contribution is 2.57. The number of carbonyl (C=O) groups excluding carboxylic acids is 2. The van der Waals surface area contributed by atoms with E-state index < -0.39 is 46.6 Å². The number of rotatable bonds is 13. The van der Waals surface area contributed by atoms with Crippen LogP contribution in [0.15, 0.2) is 103 Å². The molecule has 5 aromatic carbocycles. The van der Waals surface area contributed by atoms with Crippen LogP contribution in [0.2, 0.25) is 0 Å². The molecule has 0 fully saturated rings. The summed E-state index contributed by atoms with van der Waals surface area (Å²) in [5.74, 6) is -5.17. The molecule has 2 aliphatic rings. The molecule has 3 heterocycles. The fraction of sp³-hybridized carbons (Fsp3) is 0.178. The zero-order chi connectivity index (χ0) is 42.1. The van der Waals surface area contributed by atoms with Gasteiger partial charge in [0.1, 0.15) is 29.3 Å². The summed E-state index contributed by atoms with van der Waals surface area (Å²) in [5.41, 5.74) is 2.15. The quantitative estimate of drug-likeness (QED) is 0.0594. The molecule has 0 saturated carbocycles. The number of phenolic OH excluding ortho intramolecular Hbond substituents is 2. The molecule has 1 spiro atoms. The first kappa shape index (κ1) is 39.3. The summed E-state index contributed by atoms with van der Waals surface area (Å²) in [6, 6.07) is 26.9. The number of amides is 1. The van der Waals surface area contributed by atoms with Crippen molar-refractivity contribution in [3.8, 4) is 40.0 Å². The van der Waals surface area contributed by atoms with Gasteiger partial charge in [-0.25, -0.2) is 18.3 Å². The van der Waals surface area contributed by atoms with Gasteiger partial charge < -0.3 is 34.8 Å². The molecule has 60 heavy (non-hydrogen) atoms. The fourth-order valence-corrected chi connectivity index (χ4v) is 7.33. The Morgan fingerprint density at radius 2 is 1.48 bits per heavy atom. The summed E-state index contributed by atoms with van der Waals surface area (Å²) in [7, 11) is 0. The Morgan fingerprint density at radius 3 is 2.15 bits per heavy atom. The maximum absolute atomic E-state index is 14.7. The van der Waals surface area contributed by atoms with Gasteiger partial charge in [-0.2, -0.15) is 5.10 Å². The van der Waals surface area contributed by atoms with Gasteiger partial charge in [0.2, 0.25) is 0 Å². The number of hydrogen-bond donors (Lipinski definition) is 5. The number of hydrogen-bond acceptors (Lipinski definition) is 10. The SMILES string of the molecule is N=c1ccc(-c2ccc(OCc3ccc(CCCNC(=O)c4ccc5c(c4)C(=O)OC54c5cc(F)c(O)cc5Oc5cc(O)c(F)cc54)cc3)cc2)nn1CCCC(=O)O. The number of esters is 1. The molecule has 0 bridgehead atoms. The number of carboxylic acids is 1. The summed E-state index contributed by atoms with van der Waals surface area (Å²) < 4.78 is 48.6. The number of nitrogens with zero attached hydrogens (tertiary/aromatic N) is 2. The molecule has 0 unspecified atom stereocenters. The molecular weight excluding hydrogens is 779 g/mol. The first-order chi connectivity index (χ1) is 28.9.